The Morgan fingerprint density at radius 3 is 2.47 bits per heavy atom. The fraction of sp³-hybridized carbons (Fsp3) is 0.619. The van der Waals surface area contributed by atoms with E-state index in [0.29, 0.717) is 10.8 Å². The van der Waals surface area contributed by atoms with E-state index in [2.05, 4.69) is 41.7 Å². The van der Waals surface area contributed by atoms with Gasteiger partial charge in [0.2, 0.25) is 5.95 Å². The molecule has 1 saturated carbocycles. The van der Waals surface area contributed by atoms with Gasteiger partial charge < -0.3 is 19.7 Å². The summed E-state index contributed by atoms with van der Waals surface area (Å²) in [6.07, 6.45) is 9.66. The van der Waals surface area contributed by atoms with Crippen LogP contribution in [0.2, 0.25) is 0 Å². The summed E-state index contributed by atoms with van der Waals surface area (Å²) in [7, 11) is 4.15. The van der Waals surface area contributed by atoms with E-state index in [9.17, 15) is 4.79 Å². The molecule has 2 fully saturated rings. The third kappa shape index (κ3) is 4.95. The predicted octanol–water partition coefficient (Wildman–Crippen LogP) is 2.10. The fourth-order valence-corrected chi connectivity index (χ4v) is 5.19. The summed E-state index contributed by atoms with van der Waals surface area (Å²) in [5.41, 5.74) is 1.33. The zero-order valence-corrected chi connectivity index (χ0v) is 18.9. The third-order valence-electron chi connectivity index (χ3n) is 6.06. The number of piperazine rings is 1. The summed E-state index contributed by atoms with van der Waals surface area (Å²) in [4.78, 5) is 30.8. The van der Waals surface area contributed by atoms with Gasteiger partial charge in [0.15, 0.2) is 5.16 Å². The molecule has 1 aliphatic carbocycles. The van der Waals surface area contributed by atoms with Gasteiger partial charge in [-0.15, -0.1) is 0 Å². The zero-order chi connectivity index (χ0) is 21.1. The lowest BCUT2D eigenvalue weighted by Crippen LogP contribution is -2.45. The third-order valence-corrected chi connectivity index (χ3v) is 7.46. The number of hydrogen-bond donors (Lipinski definition) is 1. The van der Waals surface area contributed by atoms with Crippen LogP contribution in [0.25, 0.3) is 0 Å². The predicted molar refractivity (Wildman–Crippen MR) is 119 cm³/mol. The van der Waals surface area contributed by atoms with E-state index < -0.39 is 0 Å². The topological polar surface area (TPSA) is 79.2 Å². The highest BCUT2D eigenvalue weighted by atomic mass is 32.2. The van der Waals surface area contributed by atoms with Gasteiger partial charge in [0.1, 0.15) is 0 Å². The number of nitrogens with one attached hydrogen (secondary N) is 1. The number of aromatic nitrogens is 4. The molecule has 1 aliphatic heterocycles. The molecule has 162 valence electrons. The van der Waals surface area contributed by atoms with Crippen molar-refractivity contribution in [1.29, 1.82) is 0 Å². The van der Waals surface area contributed by atoms with Crippen molar-refractivity contribution in [2.24, 2.45) is 7.05 Å². The van der Waals surface area contributed by atoms with Crippen LogP contribution in [0.5, 0.6) is 0 Å². The largest absolute Gasteiger partial charge is 0.349 e. The minimum Gasteiger partial charge on any atom is -0.349 e. The fourth-order valence-electron chi connectivity index (χ4n) is 4.04. The van der Waals surface area contributed by atoms with E-state index in [1.807, 2.05) is 38.1 Å². The molecule has 2 aromatic rings. The van der Waals surface area contributed by atoms with Crippen LogP contribution in [-0.2, 0) is 7.05 Å². The smallest absolute Gasteiger partial charge is 0.254 e. The highest BCUT2D eigenvalue weighted by Crippen LogP contribution is 2.32. The number of rotatable bonds is 5. The molecule has 30 heavy (non-hydrogen) atoms. The molecule has 9 heteroatoms. The number of nitrogens with zero attached hydrogens (tertiary/aromatic N) is 6. The van der Waals surface area contributed by atoms with Crippen molar-refractivity contribution < 1.29 is 4.79 Å². The quantitative estimate of drug-likeness (QED) is 0.780. The molecule has 1 amide bonds. The lowest BCUT2D eigenvalue weighted by Gasteiger charge is -2.32. The molecular weight excluding hydrogens is 398 g/mol. The SMILES string of the molecule is Cc1nc(N2CCN(C)CC2)ncc1C(=O)NC1CCC(Sc2nccn2C)CC1. The van der Waals surface area contributed by atoms with Gasteiger partial charge in [0, 0.05) is 63.1 Å². The molecule has 2 aromatic heterocycles. The number of amides is 1. The van der Waals surface area contributed by atoms with Crippen LogP contribution in [0.1, 0.15) is 41.7 Å². The Hall–Kier alpha value is -2.13. The summed E-state index contributed by atoms with van der Waals surface area (Å²) in [6, 6.07) is 0.215. The molecule has 0 bridgehead atoms. The van der Waals surface area contributed by atoms with Gasteiger partial charge >= 0.3 is 0 Å². The average molecular weight is 430 g/mol. The Balaban J connectivity index is 1.29. The molecule has 4 rings (SSSR count). The molecule has 0 radical (unpaired) electrons. The summed E-state index contributed by atoms with van der Waals surface area (Å²) in [6.45, 7) is 5.75. The van der Waals surface area contributed by atoms with Crippen molar-refractivity contribution in [3.05, 3.63) is 29.8 Å². The molecule has 0 unspecified atom stereocenters. The van der Waals surface area contributed by atoms with Crippen LogP contribution in [0, 0.1) is 6.92 Å². The van der Waals surface area contributed by atoms with Crippen LogP contribution < -0.4 is 10.2 Å². The van der Waals surface area contributed by atoms with Crippen molar-refractivity contribution in [2.75, 3.05) is 38.1 Å². The minimum absolute atomic E-state index is 0.0577. The number of imidazole rings is 1. The summed E-state index contributed by atoms with van der Waals surface area (Å²) in [5.74, 6) is 0.668. The van der Waals surface area contributed by atoms with E-state index in [1.54, 1.807) is 6.20 Å². The maximum Gasteiger partial charge on any atom is 0.254 e. The Morgan fingerprint density at radius 1 is 1.10 bits per heavy atom. The first-order valence-electron chi connectivity index (χ1n) is 10.7. The Labute approximate surface area is 182 Å². The average Bonchev–Trinajstić information content (AvgIpc) is 3.14. The Morgan fingerprint density at radius 2 is 1.83 bits per heavy atom. The van der Waals surface area contributed by atoms with Gasteiger partial charge in [-0.3, -0.25) is 4.79 Å². The first-order valence-corrected chi connectivity index (χ1v) is 11.6. The van der Waals surface area contributed by atoms with Crippen molar-refractivity contribution in [2.45, 2.75) is 49.1 Å². The van der Waals surface area contributed by atoms with Crippen LogP contribution in [0.15, 0.2) is 23.7 Å². The van der Waals surface area contributed by atoms with Crippen LogP contribution in [0.3, 0.4) is 0 Å². The second-order valence-electron chi connectivity index (χ2n) is 8.35. The number of hydrogen-bond acceptors (Lipinski definition) is 7. The molecule has 2 aliphatic rings. The molecule has 3 heterocycles. The number of aryl methyl sites for hydroxylation is 2. The van der Waals surface area contributed by atoms with Crippen molar-refractivity contribution in [3.8, 4) is 0 Å². The lowest BCUT2D eigenvalue weighted by atomic mass is 9.94. The highest BCUT2D eigenvalue weighted by Gasteiger charge is 2.25. The van der Waals surface area contributed by atoms with E-state index in [1.165, 1.54) is 0 Å². The van der Waals surface area contributed by atoms with Crippen molar-refractivity contribution >= 4 is 23.6 Å². The molecule has 0 atom stereocenters. The van der Waals surface area contributed by atoms with Crippen LogP contribution in [0.4, 0.5) is 5.95 Å². The zero-order valence-electron chi connectivity index (χ0n) is 18.0. The minimum atomic E-state index is -0.0577. The Kier molecular flexibility index (Phi) is 6.58. The second-order valence-corrected chi connectivity index (χ2v) is 9.61. The van der Waals surface area contributed by atoms with Gasteiger partial charge in [0.25, 0.3) is 5.91 Å². The molecule has 8 nitrogen and oxygen atoms in total. The van der Waals surface area contributed by atoms with E-state index in [0.717, 1.165) is 68.7 Å². The number of thioether (sulfide) groups is 1. The van der Waals surface area contributed by atoms with Crippen LogP contribution >= 0.6 is 11.8 Å². The van der Waals surface area contributed by atoms with Gasteiger partial charge in [-0.25, -0.2) is 15.0 Å². The molecule has 1 saturated heterocycles. The van der Waals surface area contributed by atoms with E-state index in [4.69, 9.17) is 0 Å². The maximum atomic E-state index is 12.8. The summed E-state index contributed by atoms with van der Waals surface area (Å²) < 4.78 is 2.06. The first kappa shape index (κ1) is 21.1. The van der Waals surface area contributed by atoms with Gasteiger partial charge in [-0.1, -0.05) is 11.8 Å². The van der Waals surface area contributed by atoms with E-state index >= 15 is 0 Å². The lowest BCUT2D eigenvalue weighted by molar-refractivity contribution is 0.0926. The van der Waals surface area contributed by atoms with Gasteiger partial charge in [-0.2, -0.15) is 0 Å². The van der Waals surface area contributed by atoms with Gasteiger partial charge in [0.05, 0.1) is 11.3 Å². The van der Waals surface area contributed by atoms with Crippen LogP contribution in [-0.4, -0.2) is 74.8 Å². The summed E-state index contributed by atoms with van der Waals surface area (Å²) in [5, 5.41) is 4.83. The summed E-state index contributed by atoms with van der Waals surface area (Å²) >= 11 is 1.84. The Bertz CT molecular complexity index is 870. The maximum absolute atomic E-state index is 12.8. The van der Waals surface area contributed by atoms with Crippen molar-refractivity contribution in [1.82, 2.24) is 29.7 Å². The van der Waals surface area contributed by atoms with Crippen molar-refractivity contribution in [3.63, 3.8) is 0 Å². The number of carbonyl (C=O) groups excluding carboxylic acids is 1. The van der Waals surface area contributed by atoms with E-state index in [-0.39, 0.29) is 11.9 Å². The number of carbonyl (C=O) groups is 1. The molecular formula is C21H31N7OS. The molecule has 0 spiro atoms. The highest BCUT2D eigenvalue weighted by molar-refractivity contribution is 7.99. The molecule has 1 N–H and O–H groups in total. The van der Waals surface area contributed by atoms with Gasteiger partial charge in [-0.05, 0) is 39.7 Å². The second kappa shape index (κ2) is 9.34. The monoisotopic (exact) mass is 429 g/mol. The number of anilines is 1. The first-order chi connectivity index (χ1) is 14.5. The normalized spacial score (nSPS) is 22.8. The standard InChI is InChI=1S/C21H31N7OS/c1-15-18(14-23-20(24-15)28-12-10-26(2)11-13-28)19(29)25-16-4-6-17(7-5-16)30-21-22-8-9-27(21)3/h8-9,14,16-17H,4-7,10-13H2,1-3H3,(H,25,29). The molecule has 0 aromatic carbocycles. The number of likely N-dealkylation sites (N-methyl/N-ethyl adjacent to an activating group) is 1.